The van der Waals surface area contributed by atoms with Gasteiger partial charge in [0.05, 0.1) is 17.6 Å². The summed E-state index contributed by atoms with van der Waals surface area (Å²) >= 11 is 0. The minimum atomic E-state index is -5.23. The largest absolute Gasteiger partial charge is 0.468 e. The zero-order chi connectivity index (χ0) is 21.0. The lowest BCUT2D eigenvalue weighted by atomic mass is 9.59. The van der Waals surface area contributed by atoms with Crippen molar-refractivity contribution in [2.75, 3.05) is 0 Å². The Morgan fingerprint density at radius 1 is 1.37 bits per heavy atom. The Labute approximate surface area is 153 Å². The molecule has 1 aliphatic heterocycles. The number of alkyl halides is 1. The molecular formula is C10H17B3FN2O10P. The first kappa shape index (κ1) is 22.0. The van der Waals surface area contributed by atoms with E-state index in [1.165, 1.54) is 0 Å². The SMILES string of the molecule is BC(B)(OP(=O)(O)O)[C@@]1(F)O[C@@](B)(n2cc(CO)c(=O)[nH]c2=O)[C@H](O)[C@@H]1O. The number of hydrogen-bond acceptors (Lipinski definition) is 8. The topological polar surface area (TPSA) is 192 Å². The summed E-state index contributed by atoms with van der Waals surface area (Å²) in [6.07, 6.45) is -3.72. The molecule has 1 aromatic rings. The van der Waals surface area contributed by atoms with Gasteiger partial charge >= 0.3 is 13.5 Å². The first-order chi connectivity index (χ1) is 12.1. The molecule has 0 radical (unpaired) electrons. The Kier molecular flexibility index (Phi) is 5.45. The molecule has 1 saturated heterocycles. The Morgan fingerprint density at radius 3 is 2.41 bits per heavy atom. The van der Waals surface area contributed by atoms with E-state index in [4.69, 9.17) is 19.6 Å². The maximum Gasteiger partial charge on any atom is 0.468 e. The second-order valence-electron chi connectivity index (χ2n) is 6.73. The van der Waals surface area contributed by atoms with E-state index in [0.717, 1.165) is 29.7 Å². The molecule has 1 fully saturated rings. The third-order valence-corrected chi connectivity index (χ3v) is 5.11. The number of nitrogens with zero attached hydrogens (tertiary/aromatic N) is 1. The van der Waals surface area contributed by atoms with E-state index in [1.54, 1.807) is 0 Å². The first-order valence-electron chi connectivity index (χ1n) is 7.57. The molecule has 1 aliphatic rings. The van der Waals surface area contributed by atoms with E-state index in [9.17, 15) is 24.4 Å². The van der Waals surface area contributed by atoms with Crippen LogP contribution in [0, 0.1) is 0 Å². The number of aromatic nitrogens is 2. The molecule has 0 aliphatic carbocycles. The van der Waals surface area contributed by atoms with Crippen molar-refractivity contribution in [1.29, 1.82) is 0 Å². The Morgan fingerprint density at radius 2 is 1.93 bits per heavy atom. The number of phosphoric ester groups is 1. The van der Waals surface area contributed by atoms with Gasteiger partial charge in [0.1, 0.15) is 33.5 Å². The number of rotatable bonds is 5. The van der Waals surface area contributed by atoms with Crippen molar-refractivity contribution in [1.82, 2.24) is 9.55 Å². The normalized spacial score (nSPS) is 31.9. The number of aliphatic hydroxyl groups is 3. The summed E-state index contributed by atoms with van der Waals surface area (Å²) in [6, 6.07) is 0. The van der Waals surface area contributed by atoms with Gasteiger partial charge in [-0.25, -0.2) is 13.8 Å². The van der Waals surface area contributed by atoms with Gasteiger partial charge < -0.3 is 29.8 Å². The van der Waals surface area contributed by atoms with E-state index in [2.05, 4.69) is 4.52 Å². The lowest BCUT2D eigenvalue weighted by molar-refractivity contribution is -0.240. The van der Waals surface area contributed by atoms with Gasteiger partial charge in [-0.2, -0.15) is 0 Å². The van der Waals surface area contributed by atoms with Crippen LogP contribution in [0.3, 0.4) is 0 Å². The molecule has 0 spiro atoms. The van der Waals surface area contributed by atoms with Crippen molar-refractivity contribution >= 4 is 31.4 Å². The number of H-pyrrole nitrogens is 1. The number of phosphoric acid groups is 1. The summed E-state index contributed by atoms with van der Waals surface area (Å²) in [6.45, 7) is -0.794. The number of aliphatic hydroxyl groups excluding tert-OH is 3. The standard InChI is InChI=1S/C10H17B3FN2O10P/c11-9(16-1-3(2-17)6(20)15-7(16)21)5(19)4(18)8(14,25-9)10(12,13)26-27(22,23)24/h1,4-5,17-19H,2,11-13H2,(H,15,20,21)(H2,22,23,24)/t4-,5+,8-,9-/m0/s1. The summed E-state index contributed by atoms with van der Waals surface area (Å²) in [5.74, 6) is -3.38. The molecule has 2 heterocycles. The van der Waals surface area contributed by atoms with Gasteiger partial charge in [-0.05, 0) is 0 Å². The van der Waals surface area contributed by atoms with Gasteiger partial charge in [-0.3, -0.25) is 18.9 Å². The second kappa shape index (κ2) is 6.67. The fourth-order valence-corrected chi connectivity index (χ4v) is 3.62. The van der Waals surface area contributed by atoms with Crippen LogP contribution < -0.4 is 11.2 Å². The number of aromatic amines is 1. The van der Waals surface area contributed by atoms with E-state index >= 15 is 4.39 Å². The van der Waals surface area contributed by atoms with Crippen molar-refractivity contribution in [3.8, 4) is 0 Å². The molecule has 0 saturated carbocycles. The van der Waals surface area contributed by atoms with Crippen LogP contribution in [0.25, 0.3) is 0 Å². The molecule has 0 amide bonds. The second-order valence-corrected chi connectivity index (χ2v) is 7.89. The Balaban J connectivity index is 2.60. The minimum Gasteiger partial charge on any atom is -0.391 e. The highest BCUT2D eigenvalue weighted by molar-refractivity contribution is 7.46. The highest BCUT2D eigenvalue weighted by Gasteiger charge is 2.68. The Hall–Kier alpha value is -1.25. The van der Waals surface area contributed by atoms with Crippen LogP contribution in [0.5, 0.6) is 0 Å². The minimum absolute atomic E-state index is 0.316. The molecule has 0 unspecified atom stereocenters. The molecular weight excluding hydrogens is 391 g/mol. The molecule has 6 N–H and O–H groups in total. The van der Waals surface area contributed by atoms with Gasteiger partial charge in [0.2, 0.25) is 0 Å². The van der Waals surface area contributed by atoms with E-state index in [1.807, 2.05) is 4.98 Å². The fourth-order valence-electron chi connectivity index (χ4n) is 2.90. The molecule has 17 heteroatoms. The van der Waals surface area contributed by atoms with Gasteiger partial charge in [0, 0.05) is 6.20 Å². The van der Waals surface area contributed by atoms with Gasteiger partial charge in [0.25, 0.3) is 11.4 Å². The number of halogens is 1. The highest BCUT2D eigenvalue weighted by Crippen LogP contribution is 2.50. The summed E-state index contributed by atoms with van der Waals surface area (Å²) < 4.78 is 36.6. The van der Waals surface area contributed by atoms with E-state index in [-0.39, 0.29) is 5.56 Å². The van der Waals surface area contributed by atoms with E-state index < -0.39 is 54.8 Å². The Bertz CT molecular complexity index is 904. The van der Waals surface area contributed by atoms with Crippen molar-refractivity contribution < 1.29 is 43.3 Å². The molecule has 12 nitrogen and oxygen atoms in total. The van der Waals surface area contributed by atoms with Crippen LogP contribution in [-0.4, -0.2) is 81.7 Å². The smallest absolute Gasteiger partial charge is 0.391 e. The van der Waals surface area contributed by atoms with Gasteiger partial charge in [-0.15, -0.1) is 0 Å². The monoisotopic (exact) mass is 408 g/mol. The van der Waals surface area contributed by atoms with Crippen molar-refractivity contribution in [3.63, 3.8) is 0 Å². The van der Waals surface area contributed by atoms with Crippen LogP contribution in [0.15, 0.2) is 15.8 Å². The summed E-state index contributed by atoms with van der Waals surface area (Å²) in [5.41, 5.74) is -4.71. The lowest BCUT2D eigenvalue weighted by Gasteiger charge is -2.39. The number of nitrogens with one attached hydrogen (secondary N) is 1. The molecule has 27 heavy (non-hydrogen) atoms. The molecule has 4 atom stereocenters. The van der Waals surface area contributed by atoms with Crippen LogP contribution in [-0.2, 0) is 26.1 Å². The fraction of sp³-hybridized carbons (Fsp3) is 0.600. The van der Waals surface area contributed by atoms with E-state index in [0.29, 0.717) is 4.57 Å². The van der Waals surface area contributed by atoms with Gasteiger partial charge in [0.15, 0.2) is 7.85 Å². The number of ether oxygens (including phenoxy) is 1. The highest BCUT2D eigenvalue weighted by atomic mass is 31.2. The summed E-state index contributed by atoms with van der Waals surface area (Å²) in [4.78, 5) is 43.5. The summed E-state index contributed by atoms with van der Waals surface area (Å²) in [7, 11) is -2.51. The maximum atomic E-state index is 15.5. The van der Waals surface area contributed by atoms with Crippen LogP contribution in [0.4, 0.5) is 4.39 Å². The van der Waals surface area contributed by atoms with Crippen LogP contribution in [0.1, 0.15) is 5.56 Å². The average molecular weight is 408 g/mol. The predicted octanol–water partition coefficient (Wildman–Crippen LogP) is -6.28. The third-order valence-electron chi connectivity index (χ3n) is 4.42. The lowest BCUT2D eigenvalue weighted by Crippen LogP contribution is -2.60. The third kappa shape index (κ3) is 3.59. The molecule has 2 rings (SSSR count). The molecule has 148 valence electrons. The predicted molar refractivity (Wildman–Crippen MR) is 93.6 cm³/mol. The average Bonchev–Trinajstić information content (AvgIpc) is 2.68. The molecule has 1 aromatic heterocycles. The van der Waals surface area contributed by atoms with Crippen molar-refractivity contribution in [3.05, 3.63) is 32.6 Å². The first-order valence-corrected chi connectivity index (χ1v) is 9.10. The van der Waals surface area contributed by atoms with Crippen LogP contribution in [0.2, 0.25) is 0 Å². The van der Waals surface area contributed by atoms with Crippen molar-refractivity contribution in [2.45, 2.75) is 35.7 Å². The quantitative estimate of drug-likeness (QED) is 0.202. The van der Waals surface area contributed by atoms with Crippen molar-refractivity contribution in [2.24, 2.45) is 0 Å². The molecule has 0 bridgehead atoms. The maximum absolute atomic E-state index is 15.5. The zero-order valence-corrected chi connectivity index (χ0v) is 15.4. The molecule has 0 aromatic carbocycles. The number of hydrogen-bond donors (Lipinski definition) is 6. The summed E-state index contributed by atoms with van der Waals surface area (Å²) in [5, 5.41) is 27.2. The van der Waals surface area contributed by atoms with Crippen LogP contribution >= 0.6 is 7.82 Å². The van der Waals surface area contributed by atoms with Gasteiger partial charge in [-0.1, -0.05) is 0 Å². The zero-order valence-electron chi connectivity index (χ0n) is 14.5.